The number of hydrogen-bond acceptors (Lipinski definition) is 17. The Morgan fingerprint density at radius 2 is 2.00 bits per heavy atom. The van der Waals surface area contributed by atoms with Crippen molar-refractivity contribution in [2.24, 2.45) is 0 Å². The first kappa shape index (κ1) is 31.6. The van der Waals surface area contributed by atoms with Crippen LogP contribution in [0.4, 0.5) is 24.9 Å². The largest absolute Gasteiger partial charge is 0.694 e. The molecule has 0 spiro atoms. The second-order valence-corrected chi connectivity index (χ2v) is 15.0. The molecule has 2 aliphatic heterocycles. The lowest BCUT2D eigenvalue weighted by atomic mass is 10.1. The monoisotopic (exact) mass is 728 g/mol. The predicted octanol–water partition coefficient (Wildman–Crippen LogP) is -0.598. The molecule has 3 aliphatic rings. The van der Waals surface area contributed by atoms with Crippen LogP contribution in [0.1, 0.15) is 11.6 Å². The van der Waals surface area contributed by atoms with E-state index in [0.717, 1.165) is 24.4 Å². The SMILES string of the molecule is Nc1nc2c(ncn2[C@@H]2S[C@H](CO[P+](=O)O)[C@H](F)[C@H]2OP(O)(=S)OC2[C@H]3O[C@@H](n4nnc5c(N)ncnc54)C(F)(F)[C@@]23O)c(=O)[nH]1. The number of aromatic amines is 1. The number of halogens is 3. The summed E-state index contributed by atoms with van der Waals surface area (Å²) in [6.45, 7) is -5.30. The molecule has 46 heavy (non-hydrogen) atoms. The Labute approximate surface area is 261 Å². The molecule has 0 radical (unpaired) electrons. The van der Waals surface area contributed by atoms with Crippen molar-refractivity contribution >= 4 is 72.6 Å². The Hall–Kier alpha value is -2.96. The van der Waals surface area contributed by atoms with Gasteiger partial charge < -0.3 is 26.2 Å². The smallest absolute Gasteiger partial charge is 0.382 e. The average molecular weight is 729 g/mol. The minimum atomic E-state index is -4.69. The third kappa shape index (κ3) is 4.80. The summed E-state index contributed by atoms with van der Waals surface area (Å²) in [5, 5.41) is 15.8. The number of nitrogens with two attached hydrogens (primary N) is 2. The van der Waals surface area contributed by atoms with Crippen molar-refractivity contribution in [3.8, 4) is 0 Å². The van der Waals surface area contributed by atoms with Gasteiger partial charge in [-0.3, -0.25) is 23.4 Å². The van der Waals surface area contributed by atoms with Gasteiger partial charge in [-0.1, -0.05) is 5.21 Å². The highest BCUT2D eigenvalue weighted by Crippen LogP contribution is 2.67. The molecule has 4 aromatic rings. The molecule has 0 amide bonds. The molecular formula is C19H19F3N11O9P2S2+. The van der Waals surface area contributed by atoms with Gasteiger partial charge in [0.25, 0.3) is 5.56 Å². The Balaban J connectivity index is 1.13. The Morgan fingerprint density at radius 3 is 2.70 bits per heavy atom. The van der Waals surface area contributed by atoms with Crippen molar-refractivity contribution in [1.82, 2.24) is 44.5 Å². The molecule has 10 atom stereocenters. The van der Waals surface area contributed by atoms with Gasteiger partial charge in [-0.05, 0) is 11.8 Å². The first-order valence-electron chi connectivity index (χ1n) is 12.7. The summed E-state index contributed by atoms with van der Waals surface area (Å²) in [6, 6.07) is 0. The molecular weight excluding hydrogens is 709 g/mol. The van der Waals surface area contributed by atoms with Crippen molar-refractivity contribution < 1.29 is 50.9 Å². The molecule has 0 aromatic carbocycles. The maximum Gasteiger partial charge on any atom is 0.694 e. The molecule has 7 rings (SSSR count). The van der Waals surface area contributed by atoms with Crippen LogP contribution in [-0.2, 0) is 34.7 Å². The third-order valence-electron chi connectivity index (χ3n) is 7.50. The quantitative estimate of drug-likeness (QED) is 0.117. The van der Waals surface area contributed by atoms with Crippen LogP contribution in [0.3, 0.4) is 0 Å². The van der Waals surface area contributed by atoms with Crippen LogP contribution in [0.5, 0.6) is 0 Å². The zero-order chi connectivity index (χ0) is 32.9. The van der Waals surface area contributed by atoms with Gasteiger partial charge in [-0.15, -0.1) is 26.3 Å². The van der Waals surface area contributed by atoms with Gasteiger partial charge in [0.1, 0.15) is 42.8 Å². The molecule has 20 nitrogen and oxygen atoms in total. The molecule has 246 valence electrons. The van der Waals surface area contributed by atoms with E-state index in [4.69, 9.17) is 42.0 Å². The fraction of sp³-hybridized carbons (Fsp3) is 0.526. The molecule has 2 saturated heterocycles. The van der Waals surface area contributed by atoms with Gasteiger partial charge in [-0.2, -0.15) is 18.4 Å². The number of nitrogens with zero attached hydrogens (tertiary/aromatic N) is 8. The van der Waals surface area contributed by atoms with Crippen LogP contribution in [0.25, 0.3) is 22.3 Å². The number of thioether (sulfide) groups is 1. The number of ether oxygens (including phenoxy) is 1. The lowest BCUT2D eigenvalue weighted by Gasteiger charge is -2.29. The van der Waals surface area contributed by atoms with Crippen LogP contribution in [0.15, 0.2) is 17.4 Å². The Kier molecular flexibility index (Phi) is 7.41. The van der Waals surface area contributed by atoms with E-state index >= 15 is 13.2 Å². The number of anilines is 2. The van der Waals surface area contributed by atoms with E-state index in [2.05, 4.69) is 39.8 Å². The van der Waals surface area contributed by atoms with Gasteiger partial charge in [0.15, 0.2) is 33.7 Å². The number of hydrogen-bond donors (Lipinski definition) is 6. The summed E-state index contributed by atoms with van der Waals surface area (Å²) in [4.78, 5) is 50.1. The van der Waals surface area contributed by atoms with Crippen molar-refractivity contribution in [2.45, 2.75) is 52.9 Å². The number of aliphatic hydroxyl groups is 1. The molecule has 1 aliphatic carbocycles. The lowest BCUT2D eigenvalue weighted by Crippen LogP contribution is -2.44. The molecule has 4 aromatic heterocycles. The highest BCUT2D eigenvalue weighted by atomic mass is 32.5. The summed E-state index contributed by atoms with van der Waals surface area (Å²) in [5.74, 6) is -4.56. The first-order chi connectivity index (χ1) is 21.6. The van der Waals surface area contributed by atoms with E-state index < -0.39 is 80.0 Å². The molecule has 6 heterocycles. The first-order valence-corrected chi connectivity index (χ1v) is 17.4. The normalized spacial score (nSPS) is 33.3. The van der Waals surface area contributed by atoms with Crippen LogP contribution >= 0.6 is 26.7 Å². The number of nitrogen functional groups attached to an aromatic ring is 2. The summed E-state index contributed by atoms with van der Waals surface area (Å²) >= 11 is 5.83. The van der Waals surface area contributed by atoms with Crippen molar-refractivity contribution in [2.75, 3.05) is 18.1 Å². The summed E-state index contributed by atoms with van der Waals surface area (Å²) in [7, 11) is -3.11. The summed E-state index contributed by atoms with van der Waals surface area (Å²) in [5.41, 5.74) is 7.00. The molecule has 3 fully saturated rings. The third-order valence-corrected chi connectivity index (χ3v) is 10.9. The average Bonchev–Trinajstić information content (AvgIpc) is 3.45. The van der Waals surface area contributed by atoms with Gasteiger partial charge in [-0.25, -0.2) is 19.3 Å². The zero-order valence-corrected chi connectivity index (χ0v) is 25.7. The minimum Gasteiger partial charge on any atom is -0.382 e. The van der Waals surface area contributed by atoms with E-state index in [0.29, 0.717) is 4.68 Å². The molecule has 8 N–H and O–H groups in total. The van der Waals surface area contributed by atoms with Crippen LogP contribution < -0.4 is 17.0 Å². The molecule has 0 bridgehead atoms. The zero-order valence-electron chi connectivity index (χ0n) is 22.3. The maximum absolute atomic E-state index is 15.8. The summed E-state index contributed by atoms with van der Waals surface area (Å²) in [6.07, 6.45) is -7.63. The topological polar surface area (TPSA) is 287 Å². The van der Waals surface area contributed by atoms with Crippen LogP contribution in [0.2, 0.25) is 0 Å². The number of H-pyrrole nitrogens is 1. The Morgan fingerprint density at radius 1 is 1.24 bits per heavy atom. The van der Waals surface area contributed by atoms with Crippen molar-refractivity contribution in [1.29, 1.82) is 0 Å². The number of nitrogens with one attached hydrogen (secondary N) is 1. The highest BCUT2D eigenvalue weighted by Gasteiger charge is 2.88. The van der Waals surface area contributed by atoms with E-state index in [-0.39, 0.29) is 34.1 Å². The second kappa shape index (κ2) is 10.8. The number of aromatic nitrogens is 9. The number of imidazole rings is 1. The van der Waals surface area contributed by atoms with Crippen molar-refractivity contribution in [3.05, 3.63) is 23.0 Å². The van der Waals surface area contributed by atoms with Crippen LogP contribution in [-0.4, -0.2) is 107 Å². The van der Waals surface area contributed by atoms with Gasteiger partial charge in [0, 0.05) is 4.57 Å². The molecule has 27 heteroatoms. The number of alkyl halides is 3. The summed E-state index contributed by atoms with van der Waals surface area (Å²) < 4.78 is 80.8. The fourth-order valence-electron chi connectivity index (χ4n) is 5.33. The van der Waals surface area contributed by atoms with Crippen LogP contribution in [0, 0.1) is 0 Å². The van der Waals surface area contributed by atoms with Crippen molar-refractivity contribution in [3.63, 3.8) is 0 Å². The van der Waals surface area contributed by atoms with E-state index in [1.165, 1.54) is 4.57 Å². The maximum atomic E-state index is 15.8. The lowest BCUT2D eigenvalue weighted by molar-refractivity contribution is -0.196. The molecule has 1 saturated carbocycles. The van der Waals surface area contributed by atoms with E-state index in [1.807, 2.05) is 0 Å². The molecule has 3 unspecified atom stereocenters. The number of rotatable bonds is 9. The Bertz CT molecular complexity index is 2010. The van der Waals surface area contributed by atoms with E-state index in [9.17, 15) is 19.4 Å². The van der Waals surface area contributed by atoms with E-state index in [1.54, 1.807) is 0 Å². The van der Waals surface area contributed by atoms with Gasteiger partial charge in [0.05, 0.1) is 11.6 Å². The highest BCUT2D eigenvalue weighted by molar-refractivity contribution is 8.07. The standard InChI is InChI=1S/C19H18F3N11O9P2S2/c20-5-4(1-39-43(36)37)46-15(32-3-27-7-13(32)28-17(24)29-14(7)34)8(5)41-44(38,45)42-10-9-18(10,35)19(21,22)16(40-9)33-12-6(30-31-33)11(23)25-2-26-12/h2-5,8-10,15-16,35H,1H2,(H6-,23,24,25,26,28,29,31,34,36,37,38,45)/p+1/t4-,5+,8-,9-,10?,15-,16-,18+,44?/m1/s1. The van der Waals surface area contributed by atoms with Gasteiger partial charge in [0.2, 0.25) is 12.2 Å². The minimum absolute atomic E-state index is 0.0889. The fourth-order valence-corrected chi connectivity index (χ4v) is 8.98. The van der Waals surface area contributed by atoms with Gasteiger partial charge >= 0.3 is 20.9 Å². The number of fused-ring (bicyclic) bond motifs is 3. The predicted molar refractivity (Wildman–Crippen MR) is 151 cm³/mol. The second-order valence-electron chi connectivity index (χ2n) is 10.2.